The van der Waals surface area contributed by atoms with Gasteiger partial charge in [0.05, 0.1) is 11.4 Å². The molecule has 0 aromatic heterocycles. The molecule has 1 aliphatic rings. The van der Waals surface area contributed by atoms with Gasteiger partial charge < -0.3 is 15.0 Å². The summed E-state index contributed by atoms with van der Waals surface area (Å²) in [6, 6.07) is 10.8. The molecule has 0 bridgehead atoms. The number of hydrogen-bond donors (Lipinski definition) is 1. The molecule has 0 spiro atoms. The number of nitrogens with zero attached hydrogens (tertiary/aromatic N) is 1. The summed E-state index contributed by atoms with van der Waals surface area (Å²) >= 11 is 9.53. The Morgan fingerprint density at radius 3 is 2.70 bits per heavy atom. The number of halogens is 2. The molecule has 1 aliphatic heterocycles. The van der Waals surface area contributed by atoms with Crippen LogP contribution in [0.3, 0.4) is 0 Å². The fourth-order valence-corrected chi connectivity index (χ4v) is 3.67. The Balaban J connectivity index is 1.75. The van der Waals surface area contributed by atoms with Crippen LogP contribution in [-0.2, 0) is 9.59 Å². The van der Waals surface area contributed by atoms with Crippen LogP contribution in [0, 0.1) is 6.92 Å². The maximum absolute atomic E-state index is 12.8. The van der Waals surface area contributed by atoms with Crippen molar-refractivity contribution in [1.29, 1.82) is 0 Å². The molecule has 3 rings (SSSR count). The first kappa shape index (κ1) is 19.7. The van der Waals surface area contributed by atoms with Gasteiger partial charge in [0.25, 0.3) is 5.91 Å². The summed E-state index contributed by atoms with van der Waals surface area (Å²) in [4.78, 5) is 26.8. The van der Waals surface area contributed by atoms with Crippen molar-refractivity contribution in [2.24, 2.45) is 0 Å². The van der Waals surface area contributed by atoms with E-state index in [1.54, 1.807) is 36.9 Å². The fraction of sp³-hybridized carbons (Fsp3) is 0.300. The maximum Gasteiger partial charge on any atom is 0.270 e. The molecule has 2 aromatic rings. The molecule has 27 heavy (non-hydrogen) atoms. The molecule has 0 atom stereocenters. The number of aryl methyl sites for hydroxylation is 1. The van der Waals surface area contributed by atoms with E-state index >= 15 is 0 Å². The number of anilines is 2. The highest BCUT2D eigenvalue weighted by Gasteiger charge is 2.40. The summed E-state index contributed by atoms with van der Waals surface area (Å²) in [5.74, 6) is 0.187. The van der Waals surface area contributed by atoms with Gasteiger partial charge in [0.1, 0.15) is 5.75 Å². The Kier molecular flexibility index (Phi) is 5.49. The molecule has 2 aromatic carbocycles. The van der Waals surface area contributed by atoms with E-state index in [0.717, 1.165) is 10.0 Å². The molecule has 1 heterocycles. The lowest BCUT2D eigenvalue weighted by Crippen LogP contribution is -2.53. The van der Waals surface area contributed by atoms with E-state index in [1.165, 1.54) is 0 Å². The Bertz CT molecular complexity index is 914. The van der Waals surface area contributed by atoms with Gasteiger partial charge >= 0.3 is 0 Å². The molecule has 0 saturated heterocycles. The van der Waals surface area contributed by atoms with E-state index in [9.17, 15) is 9.59 Å². The average molecular weight is 452 g/mol. The zero-order valence-corrected chi connectivity index (χ0v) is 17.6. The van der Waals surface area contributed by atoms with Crippen molar-refractivity contribution in [3.05, 3.63) is 51.5 Å². The molecule has 2 amide bonds. The third kappa shape index (κ3) is 4.28. The van der Waals surface area contributed by atoms with Crippen LogP contribution in [0.25, 0.3) is 0 Å². The minimum absolute atomic E-state index is 0.147. The van der Waals surface area contributed by atoms with Crippen molar-refractivity contribution >= 4 is 50.7 Å². The third-order valence-electron chi connectivity index (χ3n) is 4.30. The Labute approximate surface area is 171 Å². The Morgan fingerprint density at radius 2 is 2.00 bits per heavy atom. The highest BCUT2D eigenvalue weighted by molar-refractivity contribution is 9.10. The van der Waals surface area contributed by atoms with Crippen LogP contribution >= 0.6 is 27.5 Å². The van der Waals surface area contributed by atoms with E-state index < -0.39 is 5.60 Å². The zero-order valence-electron chi connectivity index (χ0n) is 15.3. The summed E-state index contributed by atoms with van der Waals surface area (Å²) in [5, 5.41) is 3.37. The first-order valence-electron chi connectivity index (χ1n) is 8.54. The molecule has 7 heteroatoms. The van der Waals surface area contributed by atoms with Crippen molar-refractivity contribution < 1.29 is 14.3 Å². The van der Waals surface area contributed by atoms with Gasteiger partial charge in [-0.05, 0) is 72.6 Å². The number of amides is 2. The van der Waals surface area contributed by atoms with Crippen LogP contribution in [-0.4, -0.2) is 24.0 Å². The summed E-state index contributed by atoms with van der Waals surface area (Å²) in [7, 11) is 0. The highest BCUT2D eigenvalue weighted by Crippen LogP contribution is 2.39. The van der Waals surface area contributed by atoms with Crippen LogP contribution in [0.15, 0.2) is 40.9 Å². The number of carbonyl (C=O) groups is 2. The first-order chi connectivity index (χ1) is 12.7. The van der Waals surface area contributed by atoms with E-state index in [4.69, 9.17) is 16.3 Å². The molecular formula is C20H20BrClN2O3. The lowest BCUT2D eigenvalue weighted by molar-refractivity contribution is -0.132. The van der Waals surface area contributed by atoms with Gasteiger partial charge in [-0.3, -0.25) is 9.59 Å². The first-order valence-corrected chi connectivity index (χ1v) is 9.71. The molecule has 0 unspecified atom stereocenters. The summed E-state index contributed by atoms with van der Waals surface area (Å²) < 4.78 is 6.61. The smallest absolute Gasteiger partial charge is 0.270 e. The molecule has 1 N–H and O–H groups in total. The standard InChI is InChI=1S/C20H20BrClN2O3/c1-12-4-6-15(14(21)10-12)23-18(25)8-9-24-16-11-13(22)5-7-17(16)27-20(2,3)19(24)26/h4-7,10-11H,8-9H2,1-3H3,(H,23,25). The van der Waals surface area contributed by atoms with E-state index in [-0.39, 0.29) is 24.8 Å². The van der Waals surface area contributed by atoms with Crippen LogP contribution in [0.4, 0.5) is 11.4 Å². The topological polar surface area (TPSA) is 58.6 Å². The number of ether oxygens (including phenoxy) is 1. The normalized spacial score (nSPS) is 15.1. The minimum atomic E-state index is -1.00. The summed E-state index contributed by atoms with van der Waals surface area (Å²) in [6.45, 7) is 5.63. The average Bonchev–Trinajstić information content (AvgIpc) is 2.58. The van der Waals surface area contributed by atoms with Gasteiger partial charge in [-0.15, -0.1) is 0 Å². The second kappa shape index (κ2) is 7.52. The van der Waals surface area contributed by atoms with Crippen LogP contribution < -0.4 is 15.0 Å². The van der Waals surface area contributed by atoms with Gasteiger partial charge in [-0.2, -0.15) is 0 Å². The third-order valence-corrected chi connectivity index (χ3v) is 5.19. The van der Waals surface area contributed by atoms with Crippen molar-refractivity contribution in [2.45, 2.75) is 32.8 Å². The van der Waals surface area contributed by atoms with Crippen molar-refractivity contribution in [3.8, 4) is 5.75 Å². The molecule has 142 valence electrons. The van der Waals surface area contributed by atoms with Crippen molar-refractivity contribution in [2.75, 3.05) is 16.8 Å². The minimum Gasteiger partial charge on any atom is -0.476 e. The SMILES string of the molecule is Cc1ccc(NC(=O)CCN2C(=O)C(C)(C)Oc3ccc(Cl)cc32)c(Br)c1. The van der Waals surface area contributed by atoms with Gasteiger partial charge in [-0.1, -0.05) is 17.7 Å². The van der Waals surface area contributed by atoms with Crippen molar-refractivity contribution in [1.82, 2.24) is 0 Å². The van der Waals surface area contributed by atoms with E-state index in [0.29, 0.717) is 22.1 Å². The number of benzene rings is 2. The summed E-state index contributed by atoms with van der Waals surface area (Å²) in [5.41, 5.74) is 1.37. The Morgan fingerprint density at radius 1 is 1.26 bits per heavy atom. The number of hydrogen-bond acceptors (Lipinski definition) is 3. The fourth-order valence-electron chi connectivity index (χ4n) is 2.91. The number of fused-ring (bicyclic) bond motifs is 1. The lowest BCUT2D eigenvalue weighted by Gasteiger charge is -2.38. The predicted molar refractivity (Wildman–Crippen MR) is 111 cm³/mol. The second-order valence-corrected chi connectivity index (χ2v) is 8.25. The lowest BCUT2D eigenvalue weighted by atomic mass is 10.0. The zero-order chi connectivity index (χ0) is 19.8. The van der Waals surface area contributed by atoms with Crippen LogP contribution in [0.2, 0.25) is 5.02 Å². The van der Waals surface area contributed by atoms with Gasteiger partial charge in [0, 0.05) is 22.5 Å². The van der Waals surface area contributed by atoms with Crippen LogP contribution in [0.1, 0.15) is 25.8 Å². The van der Waals surface area contributed by atoms with E-state index in [1.807, 2.05) is 25.1 Å². The Hall–Kier alpha value is -2.05. The largest absolute Gasteiger partial charge is 0.476 e. The monoisotopic (exact) mass is 450 g/mol. The molecule has 0 aliphatic carbocycles. The molecule has 0 radical (unpaired) electrons. The maximum atomic E-state index is 12.8. The van der Waals surface area contributed by atoms with E-state index in [2.05, 4.69) is 21.2 Å². The number of nitrogens with one attached hydrogen (secondary N) is 1. The van der Waals surface area contributed by atoms with Gasteiger partial charge in [0.15, 0.2) is 5.60 Å². The quantitative estimate of drug-likeness (QED) is 0.716. The molecule has 5 nitrogen and oxygen atoms in total. The van der Waals surface area contributed by atoms with Gasteiger partial charge in [-0.25, -0.2) is 0 Å². The highest BCUT2D eigenvalue weighted by atomic mass is 79.9. The number of rotatable bonds is 4. The molecular weight excluding hydrogens is 432 g/mol. The van der Waals surface area contributed by atoms with Crippen LogP contribution in [0.5, 0.6) is 5.75 Å². The molecule has 0 saturated carbocycles. The predicted octanol–water partition coefficient (Wildman–Crippen LogP) is 4.94. The van der Waals surface area contributed by atoms with Gasteiger partial charge in [0.2, 0.25) is 5.91 Å². The summed E-state index contributed by atoms with van der Waals surface area (Å²) in [6.07, 6.45) is 0.147. The van der Waals surface area contributed by atoms with Crippen molar-refractivity contribution in [3.63, 3.8) is 0 Å². The number of carbonyl (C=O) groups excluding carboxylic acids is 2. The second-order valence-electron chi connectivity index (χ2n) is 6.96. The molecule has 0 fully saturated rings.